The van der Waals surface area contributed by atoms with Crippen molar-refractivity contribution in [2.75, 3.05) is 0 Å². The summed E-state index contributed by atoms with van der Waals surface area (Å²) >= 11 is 1.91. The Balaban J connectivity index is 1.24. The largest absolute Gasteiger partial charge is 0.293 e. The molecular formula is C50H32N2S. The van der Waals surface area contributed by atoms with Crippen molar-refractivity contribution >= 4 is 50.5 Å². The molecule has 0 bridgehead atoms. The van der Waals surface area contributed by atoms with Gasteiger partial charge in [0.05, 0.1) is 22.0 Å². The first kappa shape index (κ1) is 29.4. The fourth-order valence-electron chi connectivity index (χ4n) is 9.76. The zero-order valence-electron chi connectivity index (χ0n) is 28.9. The van der Waals surface area contributed by atoms with Gasteiger partial charge in [-0.25, -0.2) is 4.98 Å². The van der Waals surface area contributed by atoms with Gasteiger partial charge in [0, 0.05) is 25.9 Å². The van der Waals surface area contributed by atoms with Crippen LogP contribution in [0.3, 0.4) is 0 Å². The van der Waals surface area contributed by atoms with E-state index in [4.69, 9.17) is 4.98 Å². The molecule has 0 saturated heterocycles. The zero-order valence-corrected chi connectivity index (χ0v) is 29.7. The number of benzene rings is 7. The molecule has 2 aliphatic carbocycles. The number of aryl methyl sites for hydroxylation is 1. The Hall–Kier alpha value is -6.16. The number of rotatable bonds is 2. The summed E-state index contributed by atoms with van der Waals surface area (Å²) in [6, 6.07) is 58.7. The Morgan fingerprint density at radius 1 is 0.547 bits per heavy atom. The second-order valence-electron chi connectivity index (χ2n) is 14.5. The van der Waals surface area contributed by atoms with Crippen LogP contribution in [0, 0.1) is 0 Å². The number of pyridine rings is 1. The Bertz CT molecular complexity index is 2990. The van der Waals surface area contributed by atoms with E-state index in [1.54, 1.807) is 0 Å². The molecule has 1 spiro atoms. The van der Waals surface area contributed by atoms with Crippen LogP contribution in [-0.4, -0.2) is 9.55 Å². The predicted molar refractivity (Wildman–Crippen MR) is 220 cm³/mol. The standard InChI is InChI=1S/C50H32N2S/c1-2-14-31(15-3-1)38-29-48(51-44-24-12-8-20-36(38)44)52-45-30-47-43(28-39(45)37-27-26-32-16-4-5-17-33(32)49(37)52)50(42-23-11-13-25-46(42)53-47)40-21-9-6-18-34(40)35-19-7-10-22-41(35)50/h1-4,6-16,18-30H,5,17H2. The zero-order chi connectivity index (χ0) is 34.7. The number of para-hydroxylation sites is 1. The molecule has 53 heavy (non-hydrogen) atoms. The number of hydrogen-bond donors (Lipinski definition) is 0. The summed E-state index contributed by atoms with van der Waals surface area (Å²) < 4.78 is 2.49. The van der Waals surface area contributed by atoms with E-state index >= 15 is 0 Å². The first-order valence-corrected chi connectivity index (χ1v) is 19.3. The van der Waals surface area contributed by atoms with Crippen LogP contribution in [0.25, 0.3) is 66.9 Å². The second-order valence-corrected chi connectivity index (χ2v) is 15.6. The van der Waals surface area contributed by atoms with Crippen LogP contribution in [0.5, 0.6) is 0 Å². The summed E-state index contributed by atoms with van der Waals surface area (Å²) in [5, 5.41) is 3.72. The third-order valence-electron chi connectivity index (χ3n) is 11.9. The van der Waals surface area contributed by atoms with Crippen LogP contribution in [-0.2, 0) is 11.8 Å². The molecule has 0 radical (unpaired) electrons. The highest BCUT2D eigenvalue weighted by molar-refractivity contribution is 7.99. The summed E-state index contributed by atoms with van der Waals surface area (Å²) in [5.41, 5.74) is 16.3. The smallest absolute Gasteiger partial charge is 0.138 e. The monoisotopic (exact) mass is 692 g/mol. The molecule has 0 amide bonds. The first-order chi connectivity index (χ1) is 26.3. The highest BCUT2D eigenvalue weighted by Crippen LogP contribution is 2.62. The Morgan fingerprint density at radius 3 is 2.09 bits per heavy atom. The number of fused-ring (bicyclic) bond motifs is 15. The summed E-state index contributed by atoms with van der Waals surface area (Å²) in [7, 11) is 0. The molecule has 0 N–H and O–H groups in total. The lowest BCUT2D eigenvalue weighted by Gasteiger charge is -2.39. The highest BCUT2D eigenvalue weighted by atomic mass is 32.2. The van der Waals surface area contributed by atoms with Crippen LogP contribution in [0.4, 0.5) is 0 Å². The predicted octanol–water partition coefficient (Wildman–Crippen LogP) is 12.8. The summed E-state index contributed by atoms with van der Waals surface area (Å²) in [4.78, 5) is 8.08. The third-order valence-corrected chi connectivity index (χ3v) is 13.0. The number of aromatic nitrogens is 2. The van der Waals surface area contributed by atoms with Gasteiger partial charge in [-0.1, -0.05) is 151 Å². The number of allylic oxidation sites excluding steroid dienone is 1. The van der Waals surface area contributed by atoms with Gasteiger partial charge in [0.2, 0.25) is 0 Å². The summed E-state index contributed by atoms with van der Waals surface area (Å²) in [6.45, 7) is 0. The third kappa shape index (κ3) is 3.92. The normalized spacial score (nSPS) is 14.6. The van der Waals surface area contributed by atoms with Crippen LogP contribution in [0.1, 0.15) is 39.8 Å². The molecule has 2 nitrogen and oxygen atoms in total. The molecule has 12 rings (SSSR count). The van der Waals surface area contributed by atoms with Gasteiger partial charge in [0.25, 0.3) is 0 Å². The van der Waals surface area contributed by atoms with Gasteiger partial charge in [0.1, 0.15) is 5.82 Å². The van der Waals surface area contributed by atoms with E-state index in [-0.39, 0.29) is 0 Å². The molecule has 3 heteroatoms. The van der Waals surface area contributed by atoms with Crippen molar-refractivity contribution in [1.29, 1.82) is 0 Å². The lowest BCUT2D eigenvalue weighted by Crippen LogP contribution is -2.32. The van der Waals surface area contributed by atoms with E-state index in [2.05, 4.69) is 174 Å². The minimum absolute atomic E-state index is 0.425. The maximum atomic E-state index is 5.47. The molecule has 3 aliphatic rings. The number of nitrogens with zero attached hydrogens (tertiary/aromatic N) is 2. The molecule has 0 fully saturated rings. The first-order valence-electron chi connectivity index (χ1n) is 18.5. The van der Waals surface area contributed by atoms with Crippen LogP contribution in [0.15, 0.2) is 174 Å². The van der Waals surface area contributed by atoms with Crippen molar-refractivity contribution in [3.05, 3.63) is 197 Å². The fourth-order valence-corrected chi connectivity index (χ4v) is 11.0. The van der Waals surface area contributed by atoms with Crippen LogP contribution in [0.2, 0.25) is 0 Å². The number of hydrogen-bond acceptors (Lipinski definition) is 2. The Kier molecular flexibility index (Phi) is 6.07. The van der Waals surface area contributed by atoms with E-state index in [9.17, 15) is 0 Å². The van der Waals surface area contributed by atoms with Crippen molar-refractivity contribution in [3.8, 4) is 28.1 Å². The van der Waals surface area contributed by atoms with Crippen molar-refractivity contribution in [2.24, 2.45) is 0 Å². The lowest BCUT2D eigenvalue weighted by molar-refractivity contribution is 0.724. The van der Waals surface area contributed by atoms with Gasteiger partial charge in [0.15, 0.2) is 0 Å². The quantitative estimate of drug-likeness (QED) is 0.179. The van der Waals surface area contributed by atoms with Crippen LogP contribution < -0.4 is 0 Å². The average Bonchev–Trinajstić information content (AvgIpc) is 3.71. The molecule has 2 aromatic heterocycles. The molecule has 1 aliphatic heterocycles. The molecule has 0 saturated carbocycles. The maximum Gasteiger partial charge on any atom is 0.138 e. The van der Waals surface area contributed by atoms with E-state index in [0.717, 1.165) is 24.2 Å². The molecule has 0 atom stereocenters. The van der Waals surface area contributed by atoms with Crippen molar-refractivity contribution in [2.45, 2.75) is 28.0 Å². The second kappa shape index (κ2) is 10.9. The van der Waals surface area contributed by atoms with E-state index in [0.29, 0.717) is 0 Å². The van der Waals surface area contributed by atoms with Gasteiger partial charge in [-0.05, 0) is 98.8 Å². The molecule has 7 aromatic carbocycles. The summed E-state index contributed by atoms with van der Waals surface area (Å²) in [5.74, 6) is 0.956. The molecule has 9 aromatic rings. The average molecular weight is 693 g/mol. The van der Waals surface area contributed by atoms with E-state index in [1.165, 1.54) is 92.6 Å². The van der Waals surface area contributed by atoms with Crippen molar-refractivity contribution < 1.29 is 0 Å². The molecular weight excluding hydrogens is 661 g/mol. The van der Waals surface area contributed by atoms with Crippen molar-refractivity contribution in [1.82, 2.24) is 9.55 Å². The van der Waals surface area contributed by atoms with Gasteiger partial charge in [-0.15, -0.1) is 0 Å². The lowest BCUT2D eigenvalue weighted by atomic mass is 9.67. The minimum atomic E-state index is -0.425. The van der Waals surface area contributed by atoms with Crippen LogP contribution >= 0.6 is 11.8 Å². The van der Waals surface area contributed by atoms with Gasteiger partial charge < -0.3 is 0 Å². The van der Waals surface area contributed by atoms with Gasteiger partial charge in [-0.3, -0.25) is 4.57 Å². The van der Waals surface area contributed by atoms with Crippen molar-refractivity contribution in [3.63, 3.8) is 0 Å². The highest BCUT2D eigenvalue weighted by Gasteiger charge is 2.50. The fraction of sp³-hybridized carbons (Fsp3) is 0.0600. The topological polar surface area (TPSA) is 17.8 Å². The van der Waals surface area contributed by atoms with Gasteiger partial charge in [-0.2, -0.15) is 0 Å². The van der Waals surface area contributed by atoms with E-state index < -0.39 is 5.41 Å². The minimum Gasteiger partial charge on any atom is -0.293 e. The SMILES string of the molecule is C1=Cc2ccc3c4cc5c(cc4n(-c4cc(-c6ccccc6)c6ccccc6n4)c3c2CC1)Sc1ccccc1C51c2ccccc2-c2ccccc21. The molecule has 3 heterocycles. The molecule has 248 valence electrons. The van der Waals surface area contributed by atoms with Gasteiger partial charge >= 0.3 is 0 Å². The molecule has 0 unspecified atom stereocenters. The maximum absolute atomic E-state index is 5.47. The Labute approximate surface area is 312 Å². The van der Waals surface area contributed by atoms with E-state index in [1.807, 2.05) is 11.8 Å². The summed E-state index contributed by atoms with van der Waals surface area (Å²) in [6.07, 6.45) is 6.66. The Morgan fingerprint density at radius 2 is 1.26 bits per heavy atom.